The Kier molecular flexibility index (Phi) is 7.81. The third-order valence-corrected chi connectivity index (χ3v) is 7.03. The fourth-order valence-corrected chi connectivity index (χ4v) is 4.31. The molecule has 1 radical (unpaired) electrons. The van der Waals surface area contributed by atoms with E-state index in [9.17, 15) is 22.4 Å². The average Bonchev–Trinajstić information content (AvgIpc) is 2.82. The molecule has 0 aromatic heterocycles. The van der Waals surface area contributed by atoms with Crippen LogP contribution in [0.1, 0.15) is 20.8 Å². The number of amides is 2. The van der Waals surface area contributed by atoms with Crippen LogP contribution in [0.15, 0.2) is 83.3 Å². The molecule has 0 heterocycles. The monoisotopic (exact) mass is 471 g/mol. The highest BCUT2D eigenvalue weighted by Gasteiger charge is 2.27. The zero-order valence-electron chi connectivity index (χ0n) is 18.5. The van der Waals surface area contributed by atoms with Crippen LogP contribution in [0.3, 0.4) is 0 Å². The van der Waals surface area contributed by atoms with Gasteiger partial charge < -0.3 is 10.2 Å². The number of hydrogen-bond acceptors (Lipinski definition) is 4. The van der Waals surface area contributed by atoms with Crippen molar-refractivity contribution in [2.75, 3.05) is 17.2 Å². The van der Waals surface area contributed by atoms with Gasteiger partial charge in [-0.05, 0) is 42.8 Å². The summed E-state index contributed by atoms with van der Waals surface area (Å²) in [6.45, 7) is 3.83. The van der Waals surface area contributed by atoms with E-state index < -0.39 is 28.0 Å². The Bertz CT molecular complexity index is 1170. The van der Waals surface area contributed by atoms with Gasteiger partial charge in [-0.3, -0.25) is 9.59 Å². The average molecular weight is 472 g/mol. The molecule has 0 spiro atoms. The number of anilines is 1. The van der Waals surface area contributed by atoms with Crippen molar-refractivity contribution in [2.45, 2.75) is 31.2 Å². The number of hydrogen-bond donors (Lipinski definition) is 1. The summed E-state index contributed by atoms with van der Waals surface area (Å²) in [5.74, 6) is -0.759. The van der Waals surface area contributed by atoms with Crippen molar-refractivity contribution in [1.29, 1.82) is 0 Å². The summed E-state index contributed by atoms with van der Waals surface area (Å²) in [5.41, 5.74) is 1.51. The lowest BCUT2D eigenvalue weighted by atomic mass is 9.99. The Hall–Kier alpha value is -3.26. The van der Waals surface area contributed by atoms with Crippen molar-refractivity contribution in [3.63, 3.8) is 0 Å². The SMILES string of the molecule is CCN(C(=O)C1=C[C](F)C(NC(=O)Cc2ccc(S(=O)(=O)CC)cc2)C=C1)c1ccccc1.[HH]. The van der Waals surface area contributed by atoms with Crippen molar-refractivity contribution >= 4 is 27.3 Å². The number of rotatable bonds is 8. The maximum Gasteiger partial charge on any atom is 0.258 e. The highest BCUT2D eigenvalue weighted by atomic mass is 32.2. The molecule has 2 aromatic rings. The van der Waals surface area contributed by atoms with E-state index in [0.29, 0.717) is 17.8 Å². The lowest BCUT2D eigenvalue weighted by molar-refractivity contribution is -0.120. The second-order valence-corrected chi connectivity index (χ2v) is 9.78. The minimum absolute atomic E-state index is 0. The first kappa shape index (κ1) is 24.4. The molecule has 6 nitrogen and oxygen atoms in total. The number of nitrogens with zero attached hydrogens (tertiary/aromatic N) is 1. The van der Waals surface area contributed by atoms with E-state index >= 15 is 0 Å². The molecule has 1 unspecified atom stereocenters. The predicted molar refractivity (Wildman–Crippen MR) is 128 cm³/mol. The molecule has 1 atom stereocenters. The molecule has 0 aliphatic heterocycles. The van der Waals surface area contributed by atoms with Crippen molar-refractivity contribution in [3.05, 3.63) is 90.1 Å². The Morgan fingerprint density at radius 3 is 2.30 bits per heavy atom. The summed E-state index contributed by atoms with van der Waals surface area (Å²) >= 11 is 0. The van der Waals surface area contributed by atoms with Gasteiger partial charge in [0.15, 0.2) is 16.0 Å². The maximum atomic E-state index is 14.7. The topological polar surface area (TPSA) is 83.6 Å². The Morgan fingerprint density at radius 2 is 1.73 bits per heavy atom. The minimum Gasteiger partial charge on any atom is -0.346 e. The number of carbonyl (C=O) groups excluding carboxylic acids is 2. The first-order chi connectivity index (χ1) is 15.7. The highest BCUT2D eigenvalue weighted by molar-refractivity contribution is 7.91. The number of para-hydroxylation sites is 1. The zero-order chi connectivity index (χ0) is 24.0. The summed E-state index contributed by atoms with van der Waals surface area (Å²) < 4.78 is 38.5. The van der Waals surface area contributed by atoms with E-state index in [1.165, 1.54) is 24.3 Å². The van der Waals surface area contributed by atoms with E-state index in [2.05, 4.69) is 5.32 Å². The molecule has 1 N–H and O–H groups in total. The van der Waals surface area contributed by atoms with Gasteiger partial charge in [0, 0.05) is 19.2 Å². The molecule has 8 heteroatoms. The third kappa shape index (κ3) is 5.96. The number of benzene rings is 2. The lowest BCUT2D eigenvalue weighted by Gasteiger charge is -2.25. The lowest BCUT2D eigenvalue weighted by Crippen LogP contribution is -2.39. The van der Waals surface area contributed by atoms with Gasteiger partial charge in [0.25, 0.3) is 5.91 Å². The first-order valence-corrected chi connectivity index (χ1v) is 12.3. The van der Waals surface area contributed by atoms with E-state index in [4.69, 9.17) is 0 Å². The van der Waals surface area contributed by atoms with Gasteiger partial charge in [0.2, 0.25) is 5.91 Å². The normalized spacial score (nSPS) is 16.2. The largest absolute Gasteiger partial charge is 0.346 e. The minimum atomic E-state index is -3.31. The molecule has 0 saturated heterocycles. The molecule has 2 amide bonds. The van der Waals surface area contributed by atoms with Gasteiger partial charge in [0.05, 0.1) is 23.1 Å². The second-order valence-electron chi connectivity index (χ2n) is 7.50. The van der Waals surface area contributed by atoms with Crippen molar-refractivity contribution in [3.8, 4) is 0 Å². The standard InChI is InChI=1S/C25H26FN2O4S.H2/c1-3-28(20-8-6-5-7-9-20)25(30)19-12-15-23(22(26)17-19)27-24(29)16-18-10-13-21(14-11-18)33(31,32)4-2;/h5-15,17,23H,3-4,16H2,1-2H3,(H,27,29);1H. The van der Waals surface area contributed by atoms with Crippen molar-refractivity contribution < 1.29 is 23.8 Å². The molecule has 1 aliphatic carbocycles. The quantitative estimate of drug-likeness (QED) is 0.635. The van der Waals surface area contributed by atoms with Crippen LogP contribution in [-0.4, -0.2) is 38.6 Å². The molecular weight excluding hydrogens is 443 g/mol. The molecule has 3 rings (SSSR count). The van der Waals surface area contributed by atoms with Crippen LogP contribution in [0, 0.1) is 6.17 Å². The van der Waals surface area contributed by atoms with Crippen molar-refractivity contribution in [1.82, 2.24) is 5.32 Å². The first-order valence-electron chi connectivity index (χ1n) is 10.7. The highest BCUT2D eigenvalue weighted by Crippen LogP contribution is 2.24. The summed E-state index contributed by atoms with van der Waals surface area (Å²) in [6.07, 6.45) is 3.42. The van der Waals surface area contributed by atoms with Crippen LogP contribution in [0.2, 0.25) is 0 Å². The summed E-state index contributed by atoms with van der Waals surface area (Å²) in [5, 5.41) is 2.58. The Morgan fingerprint density at radius 1 is 1.06 bits per heavy atom. The van der Waals surface area contributed by atoms with Gasteiger partial charge in [-0.25, -0.2) is 12.8 Å². The number of nitrogens with one attached hydrogen (secondary N) is 1. The number of carbonyl (C=O) groups is 2. The number of likely N-dealkylation sites (N-methyl/N-ethyl adjacent to an activating group) is 1. The fourth-order valence-electron chi connectivity index (χ4n) is 3.43. The van der Waals surface area contributed by atoms with Crippen molar-refractivity contribution in [2.24, 2.45) is 0 Å². The second kappa shape index (κ2) is 10.6. The van der Waals surface area contributed by atoms with Crippen LogP contribution >= 0.6 is 0 Å². The molecule has 175 valence electrons. The Labute approximate surface area is 195 Å². The van der Waals surface area contributed by atoms with E-state index in [1.807, 2.05) is 37.3 Å². The molecule has 1 aliphatic rings. The van der Waals surface area contributed by atoms with Crippen LogP contribution < -0.4 is 10.2 Å². The van der Waals surface area contributed by atoms with Crippen LogP contribution in [0.4, 0.5) is 10.1 Å². The number of halogens is 1. The summed E-state index contributed by atoms with van der Waals surface area (Å²) in [6, 6.07) is 14.2. The number of sulfone groups is 1. The molecule has 0 saturated carbocycles. The van der Waals surface area contributed by atoms with E-state index in [1.54, 1.807) is 24.0 Å². The Balaban J connectivity index is 0.00000408. The van der Waals surface area contributed by atoms with Gasteiger partial charge in [-0.2, -0.15) is 0 Å². The zero-order valence-corrected chi connectivity index (χ0v) is 19.3. The van der Waals surface area contributed by atoms with Crippen LogP contribution in [0.5, 0.6) is 0 Å². The van der Waals surface area contributed by atoms with E-state index in [0.717, 1.165) is 6.08 Å². The van der Waals surface area contributed by atoms with E-state index in [-0.39, 0.29) is 30.0 Å². The van der Waals surface area contributed by atoms with Gasteiger partial charge in [0.1, 0.15) is 0 Å². The molecule has 33 heavy (non-hydrogen) atoms. The predicted octanol–water partition coefficient (Wildman–Crippen LogP) is 3.80. The summed E-state index contributed by atoms with van der Waals surface area (Å²) in [7, 11) is -3.31. The molecule has 0 fully saturated rings. The molecular formula is C25H28FN2O4S. The van der Waals surface area contributed by atoms with Gasteiger partial charge in [-0.15, -0.1) is 0 Å². The van der Waals surface area contributed by atoms with Crippen LogP contribution in [-0.2, 0) is 25.8 Å². The smallest absolute Gasteiger partial charge is 0.258 e. The summed E-state index contributed by atoms with van der Waals surface area (Å²) in [4.78, 5) is 27.0. The third-order valence-electron chi connectivity index (χ3n) is 5.28. The van der Waals surface area contributed by atoms with Gasteiger partial charge in [-0.1, -0.05) is 49.4 Å². The van der Waals surface area contributed by atoms with Gasteiger partial charge >= 0.3 is 0 Å². The molecule has 2 aromatic carbocycles. The maximum absolute atomic E-state index is 14.7. The molecule has 0 bridgehead atoms. The fraction of sp³-hybridized carbons (Fsp3) is 0.240. The van der Waals surface area contributed by atoms with Crippen LogP contribution in [0.25, 0.3) is 0 Å².